The van der Waals surface area contributed by atoms with Gasteiger partial charge in [0, 0.05) is 14.2 Å². The molecule has 2 nitrogen and oxygen atoms in total. The number of hydrogen-bond acceptors (Lipinski definition) is 2. The fraction of sp³-hybridized carbons (Fsp3) is 0.857. The van der Waals surface area contributed by atoms with Gasteiger partial charge in [0.05, 0.1) is 13.2 Å². The second-order valence-electron chi connectivity index (χ2n) is 5.08. The molecule has 0 saturated heterocycles. The first kappa shape index (κ1) is 15.7. The molecule has 0 radical (unpaired) electrons. The van der Waals surface area contributed by atoms with Crippen LogP contribution in [0.5, 0.6) is 0 Å². The number of allylic oxidation sites excluding steroid dienone is 1. The van der Waals surface area contributed by atoms with Crippen molar-refractivity contribution in [2.75, 3.05) is 27.4 Å². The minimum absolute atomic E-state index is 0.582. The zero-order valence-electron chi connectivity index (χ0n) is 11.8. The van der Waals surface area contributed by atoms with E-state index in [0.29, 0.717) is 19.1 Å². The average molecular weight is 228 g/mol. The van der Waals surface area contributed by atoms with Gasteiger partial charge < -0.3 is 9.47 Å². The van der Waals surface area contributed by atoms with E-state index in [1.54, 1.807) is 14.2 Å². The van der Waals surface area contributed by atoms with Crippen LogP contribution in [0, 0.1) is 11.8 Å². The van der Waals surface area contributed by atoms with E-state index in [4.69, 9.17) is 9.47 Å². The van der Waals surface area contributed by atoms with E-state index in [0.717, 1.165) is 12.3 Å². The largest absolute Gasteiger partial charge is 0.380 e. The number of rotatable bonds is 8. The summed E-state index contributed by atoms with van der Waals surface area (Å²) in [5, 5.41) is 0. The van der Waals surface area contributed by atoms with Crippen LogP contribution < -0.4 is 0 Å². The molecule has 0 aliphatic carbocycles. The monoisotopic (exact) mass is 228 g/mol. The molecule has 0 bridgehead atoms. The van der Waals surface area contributed by atoms with Crippen LogP contribution in [-0.4, -0.2) is 27.4 Å². The third-order valence-electron chi connectivity index (χ3n) is 2.78. The fourth-order valence-corrected chi connectivity index (χ4v) is 1.89. The van der Waals surface area contributed by atoms with E-state index >= 15 is 0 Å². The Labute approximate surface area is 101 Å². The van der Waals surface area contributed by atoms with Gasteiger partial charge >= 0.3 is 0 Å². The molecule has 0 aliphatic heterocycles. The zero-order chi connectivity index (χ0) is 12.6. The molecule has 0 aromatic rings. The lowest BCUT2D eigenvalue weighted by atomic mass is 9.91. The standard InChI is InChI=1S/C14H28O2/c1-11(2)7-8-14(12(3)4)13(9-15-5)10-16-6/h11-12H,7-10H2,1-6H3. The molecule has 16 heavy (non-hydrogen) atoms. The molecule has 96 valence electrons. The van der Waals surface area contributed by atoms with Gasteiger partial charge in [-0.25, -0.2) is 0 Å². The molecule has 0 amide bonds. The molecule has 0 spiro atoms. The van der Waals surface area contributed by atoms with Gasteiger partial charge in [0.2, 0.25) is 0 Å². The fourth-order valence-electron chi connectivity index (χ4n) is 1.89. The van der Waals surface area contributed by atoms with Gasteiger partial charge in [-0.3, -0.25) is 0 Å². The molecule has 0 heterocycles. The van der Waals surface area contributed by atoms with Crippen LogP contribution in [0.3, 0.4) is 0 Å². The average Bonchev–Trinajstić information content (AvgIpc) is 2.17. The van der Waals surface area contributed by atoms with Crippen molar-refractivity contribution in [3.05, 3.63) is 11.1 Å². The first-order valence-corrected chi connectivity index (χ1v) is 6.21. The third-order valence-corrected chi connectivity index (χ3v) is 2.78. The van der Waals surface area contributed by atoms with Gasteiger partial charge in [-0.2, -0.15) is 0 Å². The molecule has 0 aromatic carbocycles. The van der Waals surface area contributed by atoms with Crippen molar-refractivity contribution < 1.29 is 9.47 Å². The smallest absolute Gasteiger partial charge is 0.0697 e. The van der Waals surface area contributed by atoms with Crippen molar-refractivity contribution in [1.29, 1.82) is 0 Å². The molecule has 0 aliphatic rings. The number of methoxy groups -OCH3 is 2. The molecule has 0 fully saturated rings. The zero-order valence-corrected chi connectivity index (χ0v) is 11.8. The van der Waals surface area contributed by atoms with E-state index in [2.05, 4.69) is 27.7 Å². The van der Waals surface area contributed by atoms with Crippen molar-refractivity contribution in [2.24, 2.45) is 11.8 Å². The predicted molar refractivity (Wildman–Crippen MR) is 69.7 cm³/mol. The van der Waals surface area contributed by atoms with Crippen molar-refractivity contribution >= 4 is 0 Å². The minimum atomic E-state index is 0.582. The Morgan fingerprint density at radius 2 is 1.44 bits per heavy atom. The quantitative estimate of drug-likeness (QED) is 0.590. The van der Waals surface area contributed by atoms with Crippen molar-refractivity contribution in [3.8, 4) is 0 Å². The van der Waals surface area contributed by atoms with Gasteiger partial charge in [-0.1, -0.05) is 33.3 Å². The summed E-state index contributed by atoms with van der Waals surface area (Å²) in [6.45, 7) is 10.4. The summed E-state index contributed by atoms with van der Waals surface area (Å²) in [6.07, 6.45) is 2.40. The molecule has 2 heteroatoms. The van der Waals surface area contributed by atoms with Crippen LogP contribution in [0.15, 0.2) is 11.1 Å². The SMILES string of the molecule is COCC(COC)=C(CCC(C)C)C(C)C. The Balaban J connectivity index is 4.68. The normalized spacial score (nSPS) is 11.2. The highest BCUT2D eigenvalue weighted by molar-refractivity contribution is 5.17. The topological polar surface area (TPSA) is 18.5 Å². The molecule has 0 atom stereocenters. The molecule has 0 aromatic heterocycles. The number of hydrogen-bond donors (Lipinski definition) is 0. The van der Waals surface area contributed by atoms with E-state index in [9.17, 15) is 0 Å². The summed E-state index contributed by atoms with van der Waals surface area (Å²) in [6, 6.07) is 0. The highest BCUT2D eigenvalue weighted by atomic mass is 16.5. The summed E-state index contributed by atoms with van der Waals surface area (Å²) in [7, 11) is 3.49. The molecular weight excluding hydrogens is 200 g/mol. The van der Waals surface area contributed by atoms with E-state index in [1.807, 2.05) is 0 Å². The van der Waals surface area contributed by atoms with E-state index in [1.165, 1.54) is 17.6 Å². The van der Waals surface area contributed by atoms with Crippen LogP contribution in [0.1, 0.15) is 40.5 Å². The molecule has 0 rings (SSSR count). The van der Waals surface area contributed by atoms with E-state index < -0.39 is 0 Å². The Morgan fingerprint density at radius 3 is 1.75 bits per heavy atom. The van der Waals surface area contributed by atoms with Gasteiger partial charge in [0.25, 0.3) is 0 Å². The second kappa shape index (κ2) is 8.77. The van der Waals surface area contributed by atoms with Crippen molar-refractivity contribution in [1.82, 2.24) is 0 Å². The van der Waals surface area contributed by atoms with Gasteiger partial charge in [-0.05, 0) is 30.3 Å². The summed E-state index contributed by atoms with van der Waals surface area (Å²) < 4.78 is 10.5. The molecular formula is C14H28O2. The summed E-state index contributed by atoms with van der Waals surface area (Å²) in [4.78, 5) is 0. The molecule has 0 unspecified atom stereocenters. The number of ether oxygens (including phenoxy) is 2. The maximum atomic E-state index is 5.26. The lowest BCUT2D eigenvalue weighted by Crippen LogP contribution is -2.10. The summed E-state index contributed by atoms with van der Waals surface area (Å²) in [5.41, 5.74) is 2.83. The lowest BCUT2D eigenvalue weighted by molar-refractivity contribution is 0.178. The molecule has 0 N–H and O–H groups in total. The third kappa shape index (κ3) is 6.29. The van der Waals surface area contributed by atoms with Gasteiger partial charge in [0.1, 0.15) is 0 Å². The Morgan fingerprint density at radius 1 is 0.938 bits per heavy atom. The van der Waals surface area contributed by atoms with E-state index in [-0.39, 0.29) is 0 Å². The van der Waals surface area contributed by atoms with Crippen LogP contribution in [-0.2, 0) is 9.47 Å². The maximum absolute atomic E-state index is 5.26. The lowest BCUT2D eigenvalue weighted by Gasteiger charge is -2.19. The second-order valence-corrected chi connectivity index (χ2v) is 5.08. The molecule has 0 saturated carbocycles. The first-order chi connectivity index (χ1) is 7.52. The summed E-state index contributed by atoms with van der Waals surface area (Å²) >= 11 is 0. The van der Waals surface area contributed by atoms with Crippen LogP contribution in [0.25, 0.3) is 0 Å². The Kier molecular flexibility index (Phi) is 8.58. The summed E-state index contributed by atoms with van der Waals surface area (Å²) in [5.74, 6) is 1.33. The van der Waals surface area contributed by atoms with Crippen LogP contribution >= 0.6 is 0 Å². The predicted octanol–water partition coefficient (Wildman–Crippen LogP) is 3.67. The first-order valence-electron chi connectivity index (χ1n) is 6.21. The van der Waals surface area contributed by atoms with Crippen LogP contribution in [0.4, 0.5) is 0 Å². The van der Waals surface area contributed by atoms with Gasteiger partial charge in [-0.15, -0.1) is 0 Å². The van der Waals surface area contributed by atoms with Crippen molar-refractivity contribution in [2.45, 2.75) is 40.5 Å². The Hall–Kier alpha value is -0.340. The Bertz CT molecular complexity index is 197. The maximum Gasteiger partial charge on any atom is 0.0697 e. The highest BCUT2D eigenvalue weighted by Crippen LogP contribution is 2.23. The highest BCUT2D eigenvalue weighted by Gasteiger charge is 2.11. The van der Waals surface area contributed by atoms with Gasteiger partial charge in [0.15, 0.2) is 0 Å². The van der Waals surface area contributed by atoms with Crippen LogP contribution in [0.2, 0.25) is 0 Å². The van der Waals surface area contributed by atoms with Crippen molar-refractivity contribution in [3.63, 3.8) is 0 Å². The minimum Gasteiger partial charge on any atom is -0.380 e.